The van der Waals surface area contributed by atoms with Gasteiger partial charge in [-0.05, 0) is 42.8 Å². The topological polar surface area (TPSA) is 26.0 Å². The third-order valence-electron chi connectivity index (χ3n) is 5.46. The van der Waals surface area contributed by atoms with Crippen LogP contribution in [0.15, 0.2) is 48.5 Å². The molecule has 0 aliphatic heterocycles. The van der Waals surface area contributed by atoms with Crippen LogP contribution in [0.5, 0.6) is 0 Å². The lowest BCUT2D eigenvalue weighted by Crippen LogP contribution is -1.80. The predicted octanol–water partition coefficient (Wildman–Crippen LogP) is 8.74. The van der Waals surface area contributed by atoms with E-state index in [4.69, 9.17) is 5.73 Å². The molecule has 4 heterocycles. The van der Waals surface area contributed by atoms with Crippen LogP contribution in [0.25, 0.3) is 59.1 Å². The molecule has 0 spiro atoms. The molecule has 0 unspecified atom stereocenters. The minimum absolute atomic E-state index is 0.841. The number of thiophene rings is 4. The molecule has 7 rings (SSSR count). The van der Waals surface area contributed by atoms with Crippen LogP contribution in [0.3, 0.4) is 0 Å². The van der Waals surface area contributed by atoms with Crippen LogP contribution in [-0.2, 0) is 0 Å². The van der Waals surface area contributed by atoms with E-state index < -0.39 is 0 Å². The van der Waals surface area contributed by atoms with E-state index in [0.29, 0.717) is 0 Å². The molecule has 0 amide bonds. The van der Waals surface area contributed by atoms with Crippen molar-refractivity contribution >= 4 is 110 Å². The van der Waals surface area contributed by atoms with Crippen molar-refractivity contribution in [1.29, 1.82) is 0 Å². The van der Waals surface area contributed by atoms with Gasteiger partial charge >= 0.3 is 0 Å². The highest BCUT2D eigenvalue weighted by Crippen LogP contribution is 2.49. The SMILES string of the molecule is Cc1ccc2c(c1)sc1c3cc4sc5c6ccc(N)cc6sc5c4cc3sc21. The number of nitrogen functional groups attached to an aromatic ring is 1. The van der Waals surface area contributed by atoms with Gasteiger partial charge in [0.05, 0.1) is 18.8 Å². The van der Waals surface area contributed by atoms with Gasteiger partial charge in [0.25, 0.3) is 0 Å². The molecule has 134 valence electrons. The second-order valence-corrected chi connectivity index (χ2v) is 11.5. The van der Waals surface area contributed by atoms with E-state index in [9.17, 15) is 0 Å². The molecule has 0 aliphatic carbocycles. The molecule has 0 atom stereocenters. The van der Waals surface area contributed by atoms with Crippen molar-refractivity contribution in [2.75, 3.05) is 5.73 Å². The summed E-state index contributed by atoms with van der Waals surface area (Å²) in [6.07, 6.45) is 0. The molecule has 1 nitrogen and oxygen atoms in total. The Labute approximate surface area is 176 Å². The summed E-state index contributed by atoms with van der Waals surface area (Å²) in [5.74, 6) is 0. The van der Waals surface area contributed by atoms with Crippen LogP contribution in [-0.4, -0.2) is 0 Å². The Kier molecular flexibility index (Phi) is 2.94. The van der Waals surface area contributed by atoms with Gasteiger partial charge in [-0.25, -0.2) is 0 Å². The first-order valence-electron chi connectivity index (χ1n) is 9.05. The van der Waals surface area contributed by atoms with Gasteiger partial charge < -0.3 is 5.73 Å². The highest BCUT2D eigenvalue weighted by Gasteiger charge is 2.17. The number of benzene rings is 3. The number of nitrogens with two attached hydrogens (primary N) is 1. The molecule has 5 heteroatoms. The minimum Gasteiger partial charge on any atom is -0.399 e. The second kappa shape index (κ2) is 5.24. The largest absolute Gasteiger partial charge is 0.399 e. The Bertz CT molecular complexity index is 1610. The highest BCUT2D eigenvalue weighted by molar-refractivity contribution is 7.38. The summed E-state index contributed by atoms with van der Waals surface area (Å²) in [5.41, 5.74) is 8.17. The number of aryl methyl sites for hydroxylation is 1. The summed E-state index contributed by atoms with van der Waals surface area (Å²) in [5, 5.41) is 5.54. The first kappa shape index (κ1) is 15.7. The Hall–Kier alpha value is -2.18. The summed E-state index contributed by atoms with van der Waals surface area (Å²) >= 11 is 7.67. The quantitative estimate of drug-likeness (QED) is 0.239. The molecule has 0 bridgehead atoms. The average molecular weight is 432 g/mol. The summed E-state index contributed by atoms with van der Waals surface area (Å²) in [6, 6.07) is 18.0. The average Bonchev–Trinajstić information content (AvgIpc) is 3.37. The van der Waals surface area contributed by atoms with Crippen molar-refractivity contribution < 1.29 is 0 Å². The number of hydrogen-bond donors (Lipinski definition) is 1. The van der Waals surface area contributed by atoms with Gasteiger partial charge in [-0.3, -0.25) is 0 Å². The van der Waals surface area contributed by atoms with Crippen LogP contribution in [0, 0.1) is 6.92 Å². The molecule has 3 aromatic carbocycles. The van der Waals surface area contributed by atoms with Gasteiger partial charge in [-0.2, -0.15) is 0 Å². The fourth-order valence-electron chi connectivity index (χ4n) is 4.13. The summed E-state index contributed by atoms with van der Waals surface area (Å²) < 4.78 is 11.2. The molecule has 7 aromatic rings. The second-order valence-electron chi connectivity index (χ2n) is 7.32. The lowest BCUT2D eigenvalue weighted by atomic mass is 10.1. The third kappa shape index (κ3) is 1.95. The third-order valence-corrected chi connectivity index (χ3v) is 10.5. The molecule has 0 saturated heterocycles. The van der Waals surface area contributed by atoms with Gasteiger partial charge in [-0.1, -0.05) is 18.2 Å². The molecule has 0 aliphatic rings. The summed E-state index contributed by atoms with van der Waals surface area (Å²) in [6.45, 7) is 2.17. The Morgan fingerprint density at radius 3 is 1.61 bits per heavy atom. The highest BCUT2D eigenvalue weighted by atomic mass is 32.1. The van der Waals surface area contributed by atoms with Crippen molar-refractivity contribution in [3.63, 3.8) is 0 Å². The van der Waals surface area contributed by atoms with Gasteiger partial charge in [0.15, 0.2) is 0 Å². The molecule has 0 saturated carbocycles. The smallest absolute Gasteiger partial charge is 0.0542 e. The molecule has 2 N–H and O–H groups in total. The lowest BCUT2D eigenvalue weighted by Gasteiger charge is -1.94. The minimum atomic E-state index is 0.841. The molecule has 0 radical (unpaired) electrons. The Balaban J connectivity index is 1.61. The number of fused-ring (bicyclic) bond motifs is 10. The summed E-state index contributed by atoms with van der Waals surface area (Å²) in [7, 11) is 0. The van der Waals surface area contributed by atoms with Crippen LogP contribution in [0.2, 0.25) is 0 Å². The van der Waals surface area contributed by atoms with E-state index in [2.05, 4.69) is 49.4 Å². The van der Waals surface area contributed by atoms with Gasteiger partial charge in [-0.15, -0.1) is 45.3 Å². The lowest BCUT2D eigenvalue weighted by molar-refractivity contribution is 1.52. The van der Waals surface area contributed by atoms with Gasteiger partial charge in [0, 0.05) is 46.0 Å². The van der Waals surface area contributed by atoms with Crippen molar-refractivity contribution in [3.8, 4) is 0 Å². The van der Waals surface area contributed by atoms with Crippen LogP contribution < -0.4 is 5.73 Å². The Morgan fingerprint density at radius 1 is 0.536 bits per heavy atom. The zero-order valence-electron chi connectivity index (χ0n) is 14.8. The molecular weight excluding hydrogens is 419 g/mol. The number of hydrogen-bond acceptors (Lipinski definition) is 5. The van der Waals surface area contributed by atoms with E-state index in [1.807, 2.05) is 51.4 Å². The standard InChI is InChI=1S/C23H13NS4/c1-10-2-4-12-16(6-10)25-22-14-8-19-15(9-18(14)27-20(12)22)23-21(28-19)13-5-3-11(24)7-17(13)26-23/h2-9H,24H2,1H3. The maximum absolute atomic E-state index is 6.00. The van der Waals surface area contributed by atoms with Crippen molar-refractivity contribution in [2.45, 2.75) is 6.92 Å². The van der Waals surface area contributed by atoms with Crippen LogP contribution in [0.1, 0.15) is 5.56 Å². The fraction of sp³-hybridized carbons (Fsp3) is 0.0435. The number of rotatable bonds is 0. The van der Waals surface area contributed by atoms with Crippen LogP contribution >= 0.6 is 45.3 Å². The first-order chi connectivity index (χ1) is 13.7. The number of anilines is 1. The Morgan fingerprint density at radius 2 is 1.00 bits per heavy atom. The zero-order chi connectivity index (χ0) is 18.6. The maximum atomic E-state index is 6.00. The van der Waals surface area contributed by atoms with E-state index in [-0.39, 0.29) is 0 Å². The molecule has 28 heavy (non-hydrogen) atoms. The molecule has 4 aromatic heterocycles. The first-order valence-corrected chi connectivity index (χ1v) is 12.3. The van der Waals surface area contributed by atoms with Gasteiger partial charge in [0.2, 0.25) is 0 Å². The monoisotopic (exact) mass is 431 g/mol. The predicted molar refractivity (Wildman–Crippen MR) is 132 cm³/mol. The van der Waals surface area contributed by atoms with Crippen molar-refractivity contribution in [1.82, 2.24) is 0 Å². The summed E-state index contributed by atoms with van der Waals surface area (Å²) in [4.78, 5) is 0. The normalized spacial score (nSPS) is 12.6. The van der Waals surface area contributed by atoms with Crippen molar-refractivity contribution in [2.24, 2.45) is 0 Å². The van der Waals surface area contributed by atoms with E-state index in [1.54, 1.807) is 0 Å². The van der Waals surface area contributed by atoms with Crippen molar-refractivity contribution in [3.05, 3.63) is 54.1 Å². The molecular formula is C23H13NS4. The molecule has 0 fully saturated rings. The fourth-order valence-corrected chi connectivity index (χ4v) is 9.61. The maximum Gasteiger partial charge on any atom is 0.0542 e. The van der Waals surface area contributed by atoms with E-state index >= 15 is 0 Å². The van der Waals surface area contributed by atoms with E-state index in [0.717, 1.165) is 5.69 Å². The van der Waals surface area contributed by atoms with E-state index in [1.165, 1.54) is 64.7 Å². The van der Waals surface area contributed by atoms with Crippen LogP contribution in [0.4, 0.5) is 5.69 Å². The van der Waals surface area contributed by atoms with Gasteiger partial charge in [0.1, 0.15) is 0 Å². The zero-order valence-corrected chi connectivity index (χ0v) is 18.1.